The summed E-state index contributed by atoms with van der Waals surface area (Å²) in [4.78, 5) is 0. The Morgan fingerprint density at radius 2 is 1.92 bits per heavy atom. The maximum atomic E-state index is 5.62. The summed E-state index contributed by atoms with van der Waals surface area (Å²) in [6.07, 6.45) is 2.67. The standard InChI is InChI=1S/C9H18ClNO2/c10-3-6-12-7-8-13-9-1-4-11-5-2-9/h9,11H,1-8H2. The first-order chi connectivity index (χ1) is 6.43. The molecule has 0 atom stereocenters. The average Bonchev–Trinajstić information content (AvgIpc) is 2.19. The molecule has 1 N–H and O–H groups in total. The van der Waals surface area contributed by atoms with Gasteiger partial charge >= 0.3 is 0 Å². The van der Waals surface area contributed by atoms with Gasteiger partial charge in [0.1, 0.15) is 0 Å². The highest BCUT2D eigenvalue weighted by atomic mass is 35.5. The molecule has 1 saturated heterocycles. The van der Waals surface area contributed by atoms with Gasteiger partial charge in [-0.1, -0.05) is 0 Å². The fraction of sp³-hybridized carbons (Fsp3) is 1.00. The lowest BCUT2D eigenvalue weighted by Crippen LogP contribution is -2.33. The minimum absolute atomic E-state index is 0.431. The number of rotatable bonds is 6. The fourth-order valence-corrected chi connectivity index (χ4v) is 1.50. The maximum Gasteiger partial charge on any atom is 0.0704 e. The van der Waals surface area contributed by atoms with Crippen molar-refractivity contribution in [3.63, 3.8) is 0 Å². The van der Waals surface area contributed by atoms with E-state index in [1.54, 1.807) is 0 Å². The monoisotopic (exact) mass is 207 g/mol. The van der Waals surface area contributed by atoms with Crippen LogP contribution in [0.2, 0.25) is 0 Å². The van der Waals surface area contributed by atoms with Gasteiger partial charge < -0.3 is 14.8 Å². The van der Waals surface area contributed by atoms with Crippen LogP contribution >= 0.6 is 11.6 Å². The topological polar surface area (TPSA) is 30.5 Å². The minimum atomic E-state index is 0.431. The third-order valence-electron chi connectivity index (χ3n) is 2.09. The van der Waals surface area contributed by atoms with Crippen LogP contribution in [-0.2, 0) is 9.47 Å². The molecule has 0 bridgehead atoms. The molecule has 1 rings (SSSR count). The van der Waals surface area contributed by atoms with Crippen LogP contribution in [0.3, 0.4) is 0 Å². The summed E-state index contributed by atoms with van der Waals surface area (Å²) in [6, 6.07) is 0. The van der Waals surface area contributed by atoms with Crippen molar-refractivity contribution in [2.24, 2.45) is 0 Å². The number of hydrogen-bond acceptors (Lipinski definition) is 3. The first kappa shape index (κ1) is 11.2. The van der Waals surface area contributed by atoms with E-state index < -0.39 is 0 Å². The van der Waals surface area contributed by atoms with E-state index in [0.29, 0.717) is 31.8 Å². The van der Waals surface area contributed by atoms with Crippen molar-refractivity contribution in [1.29, 1.82) is 0 Å². The summed E-state index contributed by atoms with van der Waals surface area (Å²) in [7, 11) is 0. The molecule has 0 aromatic rings. The Morgan fingerprint density at radius 3 is 2.62 bits per heavy atom. The molecule has 0 radical (unpaired) electrons. The van der Waals surface area contributed by atoms with Gasteiger partial charge in [0.05, 0.1) is 25.9 Å². The average molecular weight is 208 g/mol. The molecule has 0 unspecified atom stereocenters. The van der Waals surface area contributed by atoms with Gasteiger partial charge in [-0.05, 0) is 25.9 Å². The van der Waals surface area contributed by atoms with Crippen molar-refractivity contribution in [3.05, 3.63) is 0 Å². The zero-order chi connectivity index (χ0) is 9.36. The summed E-state index contributed by atoms with van der Waals surface area (Å²) in [6.45, 7) is 4.13. The van der Waals surface area contributed by atoms with E-state index in [-0.39, 0.29) is 0 Å². The first-order valence-electron chi connectivity index (χ1n) is 4.89. The Morgan fingerprint density at radius 1 is 1.15 bits per heavy atom. The Kier molecular flexibility index (Phi) is 6.54. The van der Waals surface area contributed by atoms with Crippen molar-refractivity contribution in [3.8, 4) is 0 Å². The largest absolute Gasteiger partial charge is 0.378 e. The lowest BCUT2D eigenvalue weighted by molar-refractivity contribution is -0.00453. The molecular weight excluding hydrogens is 190 g/mol. The van der Waals surface area contributed by atoms with Crippen LogP contribution in [0.5, 0.6) is 0 Å². The Balaban J connectivity index is 1.86. The second-order valence-electron chi connectivity index (χ2n) is 3.12. The highest BCUT2D eigenvalue weighted by Gasteiger charge is 2.12. The van der Waals surface area contributed by atoms with Crippen molar-refractivity contribution in [1.82, 2.24) is 5.32 Å². The van der Waals surface area contributed by atoms with E-state index in [4.69, 9.17) is 21.1 Å². The molecular formula is C9H18ClNO2. The molecule has 13 heavy (non-hydrogen) atoms. The highest BCUT2D eigenvalue weighted by Crippen LogP contribution is 2.06. The van der Waals surface area contributed by atoms with Crippen LogP contribution in [-0.4, -0.2) is 44.9 Å². The molecule has 0 aromatic carbocycles. The quantitative estimate of drug-likeness (QED) is 0.521. The van der Waals surface area contributed by atoms with Crippen LogP contribution in [0.15, 0.2) is 0 Å². The second-order valence-corrected chi connectivity index (χ2v) is 3.50. The van der Waals surface area contributed by atoms with E-state index in [9.17, 15) is 0 Å². The number of piperidine rings is 1. The van der Waals surface area contributed by atoms with Gasteiger partial charge in [-0.15, -0.1) is 11.6 Å². The molecule has 0 aromatic heterocycles. The third kappa shape index (κ3) is 5.47. The summed E-state index contributed by atoms with van der Waals surface area (Å²) in [5, 5.41) is 3.30. The van der Waals surface area contributed by atoms with E-state index in [0.717, 1.165) is 25.9 Å². The van der Waals surface area contributed by atoms with Crippen LogP contribution in [0.4, 0.5) is 0 Å². The Bertz CT molecular complexity index is 118. The molecule has 3 nitrogen and oxygen atoms in total. The molecule has 1 heterocycles. The van der Waals surface area contributed by atoms with E-state index in [1.807, 2.05) is 0 Å². The molecule has 1 aliphatic rings. The van der Waals surface area contributed by atoms with E-state index >= 15 is 0 Å². The maximum absolute atomic E-state index is 5.62. The zero-order valence-corrected chi connectivity index (χ0v) is 8.68. The van der Waals surface area contributed by atoms with Crippen molar-refractivity contribution in [2.45, 2.75) is 18.9 Å². The number of nitrogens with one attached hydrogen (secondary N) is 1. The van der Waals surface area contributed by atoms with E-state index in [2.05, 4.69) is 5.32 Å². The number of ether oxygens (including phenoxy) is 2. The predicted molar refractivity (Wildman–Crippen MR) is 53.4 cm³/mol. The molecule has 0 aliphatic carbocycles. The molecule has 0 saturated carbocycles. The predicted octanol–water partition coefficient (Wildman–Crippen LogP) is 1.01. The van der Waals surface area contributed by atoms with Crippen molar-refractivity contribution >= 4 is 11.6 Å². The first-order valence-corrected chi connectivity index (χ1v) is 5.43. The van der Waals surface area contributed by atoms with Crippen molar-refractivity contribution in [2.75, 3.05) is 38.8 Å². The lowest BCUT2D eigenvalue weighted by atomic mass is 10.1. The highest BCUT2D eigenvalue weighted by molar-refractivity contribution is 6.17. The van der Waals surface area contributed by atoms with Gasteiger partial charge in [-0.3, -0.25) is 0 Å². The van der Waals surface area contributed by atoms with Gasteiger partial charge in [0.25, 0.3) is 0 Å². The fourth-order valence-electron chi connectivity index (χ4n) is 1.39. The molecule has 0 amide bonds. The smallest absolute Gasteiger partial charge is 0.0704 e. The van der Waals surface area contributed by atoms with Crippen LogP contribution in [0, 0.1) is 0 Å². The summed E-state index contributed by atoms with van der Waals surface area (Å²) in [5.41, 5.74) is 0. The van der Waals surface area contributed by atoms with Crippen LogP contribution in [0.25, 0.3) is 0 Å². The second kappa shape index (κ2) is 7.56. The van der Waals surface area contributed by atoms with Gasteiger partial charge in [-0.25, -0.2) is 0 Å². The van der Waals surface area contributed by atoms with Crippen molar-refractivity contribution < 1.29 is 9.47 Å². The minimum Gasteiger partial charge on any atom is -0.378 e. The Labute approximate surface area is 84.7 Å². The molecule has 1 fully saturated rings. The number of hydrogen-bond donors (Lipinski definition) is 1. The Hall–Kier alpha value is 0.170. The molecule has 0 spiro atoms. The van der Waals surface area contributed by atoms with Gasteiger partial charge in [0.15, 0.2) is 0 Å². The molecule has 78 valence electrons. The third-order valence-corrected chi connectivity index (χ3v) is 2.24. The number of halogens is 1. The van der Waals surface area contributed by atoms with Gasteiger partial charge in [0.2, 0.25) is 0 Å². The van der Waals surface area contributed by atoms with Crippen LogP contribution < -0.4 is 5.32 Å². The SMILES string of the molecule is ClCCOCCOC1CCNCC1. The summed E-state index contributed by atoms with van der Waals surface area (Å²) < 4.78 is 10.8. The van der Waals surface area contributed by atoms with E-state index in [1.165, 1.54) is 0 Å². The normalized spacial score (nSPS) is 19.2. The van der Waals surface area contributed by atoms with Gasteiger partial charge in [0, 0.05) is 5.88 Å². The number of alkyl halides is 1. The van der Waals surface area contributed by atoms with Crippen LogP contribution in [0.1, 0.15) is 12.8 Å². The molecule has 1 aliphatic heterocycles. The molecule has 4 heteroatoms. The zero-order valence-electron chi connectivity index (χ0n) is 7.93. The lowest BCUT2D eigenvalue weighted by Gasteiger charge is -2.22. The van der Waals surface area contributed by atoms with Gasteiger partial charge in [-0.2, -0.15) is 0 Å². The summed E-state index contributed by atoms with van der Waals surface area (Å²) in [5.74, 6) is 0.563. The summed E-state index contributed by atoms with van der Waals surface area (Å²) >= 11 is 5.46.